The SMILES string of the molecule is COc1cc(Cc2cc(Oc3ccc(NC(=O)Nc4cc(C(C)(C)C)cc(NS(C)=O)c4OC)c4ccccc34)ccn2)ccc1S(C)=O.O. The largest absolute Gasteiger partial charge is 0.495 e. The molecule has 0 fully saturated rings. The van der Waals surface area contributed by atoms with E-state index < -0.39 is 27.8 Å². The summed E-state index contributed by atoms with van der Waals surface area (Å²) in [7, 11) is 0.555. The number of amides is 2. The number of rotatable bonds is 11. The summed E-state index contributed by atoms with van der Waals surface area (Å²) in [6, 6.07) is 23.8. The van der Waals surface area contributed by atoms with Crippen molar-refractivity contribution in [2.24, 2.45) is 0 Å². The highest BCUT2D eigenvalue weighted by Crippen LogP contribution is 2.40. The van der Waals surface area contributed by atoms with Crippen LogP contribution in [0.5, 0.6) is 23.0 Å². The zero-order chi connectivity index (χ0) is 35.3. The molecule has 264 valence electrons. The first kappa shape index (κ1) is 37.8. The van der Waals surface area contributed by atoms with Crippen LogP contribution in [0.4, 0.5) is 21.9 Å². The lowest BCUT2D eigenvalue weighted by atomic mass is 9.86. The fraction of sp³-hybridized carbons (Fsp3) is 0.243. The van der Waals surface area contributed by atoms with Gasteiger partial charge in [0.25, 0.3) is 0 Å². The lowest BCUT2D eigenvalue weighted by Gasteiger charge is -2.24. The number of aromatic nitrogens is 1. The standard InChI is InChI=1S/C37H40N4O6S2.H2O/c1-37(2,3)24-20-30(35(46-5)31(21-24)41-49(7)44)40-36(42)39-29-13-14-32(28-11-9-8-10-27(28)29)47-26-16-17-38-25(22-26)18-23-12-15-34(48(6)43)33(19-23)45-4;/h8-17,19-22,41H,18H2,1-7H3,(H2,39,40,42);1H2. The molecular weight excluding hydrogens is 677 g/mol. The van der Waals surface area contributed by atoms with Crippen LogP contribution in [-0.4, -0.2) is 51.6 Å². The van der Waals surface area contributed by atoms with E-state index in [1.165, 1.54) is 13.4 Å². The Hall–Kier alpha value is -4.98. The molecule has 13 heteroatoms. The number of urea groups is 1. The van der Waals surface area contributed by atoms with Gasteiger partial charge in [-0.05, 0) is 59.0 Å². The quantitative estimate of drug-likeness (QED) is 0.130. The van der Waals surface area contributed by atoms with Gasteiger partial charge in [-0.1, -0.05) is 51.1 Å². The number of anilines is 3. The molecule has 0 radical (unpaired) electrons. The van der Waals surface area contributed by atoms with Crippen LogP contribution in [0.15, 0.2) is 90.0 Å². The molecule has 0 spiro atoms. The Kier molecular flexibility index (Phi) is 12.2. The Balaban J connectivity index is 0.00000562. The Morgan fingerprint density at radius 3 is 2.16 bits per heavy atom. The second-order valence-corrected chi connectivity index (χ2v) is 14.8. The van der Waals surface area contributed by atoms with Gasteiger partial charge in [0.1, 0.15) is 28.2 Å². The molecule has 50 heavy (non-hydrogen) atoms. The van der Waals surface area contributed by atoms with Crippen LogP contribution in [0, 0.1) is 0 Å². The third-order valence-electron chi connectivity index (χ3n) is 7.73. The third-order valence-corrected chi connectivity index (χ3v) is 9.20. The first-order valence-electron chi connectivity index (χ1n) is 15.4. The van der Waals surface area contributed by atoms with E-state index >= 15 is 0 Å². The van der Waals surface area contributed by atoms with Crippen molar-refractivity contribution in [1.29, 1.82) is 0 Å². The fourth-order valence-corrected chi connectivity index (χ4v) is 6.51. The van der Waals surface area contributed by atoms with Gasteiger partial charge < -0.3 is 35.0 Å². The van der Waals surface area contributed by atoms with Crippen LogP contribution in [0.3, 0.4) is 0 Å². The van der Waals surface area contributed by atoms with E-state index in [4.69, 9.17) is 14.2 Å². The molecule has 0 saturated heterocycles. The number of ether oxygens (including phenoxy) is 3. The molecule has 5 N–H and O–H groups in total. The van der Waals surface area contributed by atoms with Gasteiger partial charge in [0.05, 0.1) is 47.0 Å². The maximum Gasteiger partial charge on any atom is 0.323 e. The summed E-state index contributed by atoms with van der Waals surface area (Å²) < 4.78 is 44.4. The average molecular weight is 719 g/mol. The van der Waals surface area contributed by atoms with Crippen LogP contribution in [0.25, 0.3) is 10.8 Å². The Labute approximate surface area is 297 Å². The molecule has 2 atom stereocenters. The molecule has 0 aliphatic carbocycles. The summed E-state index contributed by atoms with van der Waals surface area (Å²) in [6.45, 7) is 6.17. The van der Waals surface area contributed by atoms with Gasteiger partial charge in [-0.3, -0.25) is 9.19 Å². The molecule has 0 aliphatic heterocycles. The minimum atomic E-state index is -1.35. The number of hydrogen-bond acceptors (Lipinski definition) is 7. The molecular formula is C37H42N4O7S2. The molecule has 1 aromatic heterocycles. The predicted octanol–water partition coefficient (Wildman–Crippen LogP) is 7.19. The minimum absolute atomic E-state index is 0. The van der Waals surface area contributed by atoms with Crippen molar-refractivity contribution in [1.82, 2.24) is 4.98 Å². The van der Waals surface area contributed by atoms with E-state index in [2.05, 4.69) is 41.1 Å². The molecule has 2 amide bonds. The van der Waals surface area contributed by atoms with E-state index in [9.17, 15) is 13.2 Å². The average Bonchev–Trinajstić information content (AvgIpc) is 3.05. The maximum atomic E-state index is 13.4. The number of hydrogen-bond donors (Lipinski definition) is 3. The molecule has 5 rings (SSSR count). The molecule has 2 unspecified atom stereocenters. The molecule has 0 saturated carbocycles. The maximum absolute atomic E-state index is 13.4. The summed E-state index contributed by atoms with van der Waals surface area (Å²) >= 11 is 0. The lowest BCUT2D eigenvalue weighted by molar-refractivity contribution is 0.262. The van der Waals surface area contributed by atoms with Gasteiger partial charge in [0, 0.05) is 47.7 Å². The lowest BCUT2D eigenvalue weighted by Crippen LogP contribution is -2.21. The van der Waals surface area contributed by atoms with Crippen LogP contribution < -0.4 is 29.6 Å². The first-order valence-corrected chi connectivity index (χ1v) is 18.5. The van der Waals surface area contributed by atoms with E-state index in [1.807, 2.05) is 66.7 Å². The molecule has 0 bridgehead atoms. The monoisotopic (exact) mass is 718 g/mol. The molecule has 1 heterocycles. The molecule has 5 aromatic rings. The second-order valence-electron chi connectivity index (χ2n) is 12.3. The van der Waals surface area contributed by atoms with Crippen LogP contribution >= 0.6 is 0 Å². The number of carbonyl (C=O) groups is 1. The van der Waals surface area contributed by atoms with Crippen LogP contribution in [0.1, 0.15) is 37.6 Å². The van der Waals surface area contributed by atoms with E-state index in [1.54, 1.807) is 31.7 Å². The van der Waals surface area contributed by atoms with Gasteiger partial charge in [-0.2, -0.15) is 0 Å². The van der Waals surface area contributed by atoms with Gasteiger partial charge in [-0.25, -0.2) is 9.00 Å². The minimum Gasteiger partial charge on any atom is -0.495 e. The van der Waals surface area contributed by atoms with Crippen molar-refractivity contribution in [3.05, 3.63) is 102 Å². The van der Waals surface area contributed by atoms with Gasteiger partial charge in [-0.15, -0.1) is 0 Å². The van der Waals surface area contributed by atoms with Crippen LogP contribution in [-0.2, 0) is 33.6 Å². The van der Waals surface area contributed by atoms with Crippen molar-refractivity contribution in [2.45, 2.75) is 37.5 Å². The number of carbonyl (C=O) groups excluding carboxylic acids is 1. The number of nitrogens with zero attached hydrogens (tertiary/aromatic N) is 1. The number of methoxy groups -OCH3 is 2. The normalized spacial score (nSPS) is 12.3. The summed E-state index contributed by atoms with van der Waals surface area (Å²) in [6.07, 6.45) is 5.38. The van der Waals surface area contributed by atoms with Crippen LogP contribution in [0.2, 0.25) is 0 Å². The second kappa shape index (κ2) is 16.2. The van der Waals surface area contributed by atoms with E-state index in [0.717, 1.165) is 27.6 Å². The number of fused-ring (bicyclic) bond motifs is 1. The summed E-state index contributed by atoms with van der Waals surface area (Å²) in [5.41, 5.74) is 3.97. The summed E-state index contributed by atoms with van der Waals surface area (Å²) in [5, 5.41) is 7.47. The number of pyridine rings is 1. The van der Waals surface area contributed by atoms with Crippen molar-refractivity contribution < 1.29 is 32.9 Å². The third kappa shape index (κ3) is 8.97. The van der Waals surface area contributed by atoms with Gasteiger partial charge in [0.2, 0.25) is 0 Å². The molecule has 0 aliphatic rings. The van der Waals surface area contributed by atoms with Crippen molar-refractivity contribution in [3.8, 4) is 23.0 Å². The Bertz CT molecular complexity index is 2060. The highest BCUT2D eigenvalue weighted by atomic mass is 32.2. The van der Waals surface area contributed by atoms with Gasteiger partial charge >= 0.3 is 6.03 Å². The predicted molar refractivity (Wildman–Crippen MR) is 202 cm³/mol. The fourth-order valence-electron chi connectivity index (χ4n) is 5.36. The van der Waals surface area contributed by atoms with E-state index in [0.29, 0.717) is 51.4 Å². The van der Waals surface area contributed by atoms with Crippen molar-refractivity contribution in [2.75, 3.05) is 42.1 Å². The number of nitrogens with one attached hydrogen (secondary N) is 3. The van der Waals surface area contributed by atoms with Crippen molar-refractivity contribution >= 4 is 55.7 Å². The topological polar surface area (TPSA) is 159 Å². The number of benzene rings is 4. The van der Waals surface area contributed by atoms with Gasteiger partial charge in [0.15, 0.2) is 5.75 Å². The van der Waals surface area contributed by atoms with E-state index in [-0.39, 0.29) is 10.9 Å². The smallest absolute Gasteiger partial charge is 0.323 e. The highest BCUT2D eigenvalue weighted by Gasteiger charge is 2.22. The Morgan fingerprint density at radius 2 is 1.50 bits per heavy atom. The summed E-state index contributed by atoms with van der Waals surface area (Å²) in [4.78, 5) is 18.6. The van der Waals surface area contributed by atoms with Crippen molar-refractivity contribution in [3.63, 3.8) is 0 Å². The molecule has 4 aromatic carbocycles. The zero-order valence-corrected chi connectivity index (χ0v) is 30.6. The summed E-state index contributed by atoms with van der Waals surface area (Å²) in [5.74, 6) is 2.17. The zero-order valence-electron chi connectivity index (χ0n) is 29.0. The first-order chi connectivity index (χ1) is 23.4. The Morgan fingerprint density at radius 1 is 0.800 bits per heavy atom. The highest BCUT2D eigenvalue weighted by molar-refractivity contribution is 7.85. The molecule has 11 nitrogen and oxygen atoms in total.